The van der Waals surface area contributed by atoms with Crippen LogP contribution in [-0.2, 0) is 13.9 Å². The molecule has 33 heavy (non-hydrogen) atoms. The third-order valence-electron chi connectivity index (χ3n) is 5.89. The maximum atomic E-state index is 14.3. The van der Waals surface area contributed by atoms with Gasteiger partial charge >= 0.3 is 5.97 Å². The van der Waals surface area contributed by atoms with E-state index in [9.17, 15) is 29.6 Å². The molecule has 10 nitrogen and oxygen atoms in total. The maximum absolute atomic E-state index is 14.3. The number of aliphatic carboxylic acids is 1. The van der Waals surface area contributed by atoms with Gasteiger partial charge in [0, 0.05) is 30.7 Å². The van der Waals surface area contributed by atoms with E-state index in [-0.39, 0.29) is 24.4 Å². The van der Waals surface area contributed by atoms with Crippen LogP contribution in [0, 0.1) is 20.2 Å². The van der Waals surface area contributed by atoms with Crippen LogP contribution in [0.4, 0.5) is 11.4 Å². The summed E-state index contributed by atoms with van der Waals surface area (Å²) in [4.78, 5) is 31.6. The Hall–Kier alpha value is -3.10. The minimum absolute atomic E-state index is 0.0575. The Labute approximate surface area is 190 Å². The van der Waals surface area contributed by atoms with Gasteiger partial charge in [0.2, 0.25) is 7.37 Å². The molecular weight excluding hydrogens is 451 g/mol. The van der Waals surface area contributed by atoms with Crippen molar-refractivity contribution in [2.24, 2.45) is 0 Å². The molecule has 0 bridgehead atoms. The topological polar surface area (TPSA) is 150 Å². The summed E-state index contributed by atoms with van der Waals surface area (Å²) in [6.45, 7) is 0.198. The second-order valence-corrected chi connectivity index (χ2v) is 10.8. The van der Waals surface area contributed by atoms with E-state index in [0.29, 0.717) is 43.2 Å². The van der Waals surface area contributed by atoms with Gasteiger partial charge in [0.15, 0.2) is 0 Å². The van der Waals surface area contributed by atoms with E-state index in [1.165, 1.54) is 24.3 Å². The highest BCUT2D eigenvalue weighted by Gasteiger charge is 2.48. The lowest BCUT2D eigenvalue weighted by Gasteiger charge is -2.26. The predicted molar refractivity (Wildman–Crippen MR) is 121 cm³/mol. The Morgan fingerprint density at radius 3 is 1.73 bits per heavy atom. The number of hydrogen-bond acceptors (Lipinski definition) is 7. The Kier molecular flexibility index (Phi) is 7.94. The summed E-state index contributed by atoms with van der Waals surface area (Å²) in [6.07, 6.45) is 2.84. The Morgan fingerprint density at radius 2 is 1.33 bits per heavy atom. The van der Waals surface area contributed by atoms with Gasteiger partial charge in [-0.25, -0.2) is 0 Å². The van der Waals surface area contributed by atoms with Gasteiger partial charge in [0.05, 0.1) is 27.8 Å². The molecule has 2 aromatic rings. The number of hydrogen-bond donors (Lipinski definition) is 1. The fraction of sp³-hybridized carbons (Fsp3) is 0.409. The fourth-order valence-electron chi connectivity index (χ4n) is 4.22. The van der Waals surface area contributed by atoms with E-state index in [1.807, 2.05) is 0 Å². The van der Waals surface area contributed by atoms with Crippen molar-refractivity contribution in [2.75, 3.05) is 6.61 Å². The SMILES string of the molecule is O=C(O)CCCCCOP1(=O)[C@@H](c2ccc([N+](=O)[O-])cc2)CC[C@H]1c1ccc([N+](=O)[O-])cc1. The highest BCUT2D eigenvalue weighted by molar-refractivity contribution is 7.60. The second kappa shape index (κ2) is 10.7. The molecule has 2 aromatic carbocycles. The zero-order chi connectivity index (χ0) is 24.0. The highest BCUT2D eigenvalue weighted by Crippen LogP contribution is 2.77. The number of nitrogens with zero attached hydrogens (tertiary/aromatic N) is 2. The van der Waals surface area contributed by atoms with Crippen molar-refractivity contribution in [1.29, 1.82) is 0 Å². The van der Waals surface area contributed by atoms with Crippen molar-refractivity contribution in [1.82, 2.24) is 0 Å². The van der Waals surface area contributed by atoms with Gasteiger partial charge in [-0.2, -0.15) is 0 Å². The number of nitro groups is 2. The van der Waals surface area contributed by atoms with Crippen LogP contribution in [0.5, 0.6) is 0 Å². The number of unbranched alkanes of at least 4 members (excludes halogenated alkanes) is 2. The van der Waals surface area contributed by atoms with Gasteiger partial charge < -0.3 is 9.63 Å². The van der Waals surface area contributed by atoms with Crippen LogP contribution in [0.25, 0.3) is 0 Å². The first-order valence-corrected chi connectivity index (χ1v) is 12.4. The van der Waals surface area contributed by atoms with Crippen LogP contribution in [0.3, 0.4) is 0 Å². The molecule has 1 heterocycles. The Bertz CT molecular complexity index is 986. The van der Waals surface area contributed by atoms with Gasteiger partial charge in [-0.3, -0.25) is 29.6 Å². The van der Waals surface area contributed by atoms with Crippen LogP contribution in [-0.4, -0.2) is 27.5 Å². The zero-order valence-electron chi connectivity index (χ0n) is 17.9. The van der Waals surface area contributed by atoms with E-state index in [0.717, 1.165) is 0 Å². The molecule has 1 saturated heterocycles. The molecule has 176 valence electrons. The average molecular weight is 476 g/mol. The lowest BCUT2D eigenvalue weighted by Crippen LogP contribution is -2.05. The zero-order valence-corrected chi connectivity index (χ0v) is 18.8. The number of non-ortho nitro benzene ring substituents is 2. The van der Waals surface area contributed by atoms with Crippen LogP contribution >= 0.6 is 7.37 Å². The summed E-state index contributed by atoms with van der Waals surface area (Å²) >= 11 is 0. The molecule has 11 heteroatoms. The summed E-state index contributed by atoms with van der Waals surface area (Å²) in [6, 6.07) is 11.9. The second-order valence-electron chi connectivity index (χ2n) is 7.99. The van der Waals surface area contributed by atoms with Crippen molar-refractivity contribution in [2.45, 2.75) is 49.8 Å². The van der Waals surface area contributed by atoms with E-state index in [4.69, 9.17) is 9.63 Å². The normalized spacial score (nSPS) is 22.2. The van der Waals surface area contributed by atoms with Crippen LogP contribution < -0.4 is 0 Å². The lowest BCUT2D eigenvalue weighted by molar-refractivity contribution is -0.385. The first kappa shape index (κ1) is 24.5. The van der Waals surface area contributed by atoms with Crippen LogP contribution in [0.1, 0.15) is 61.0 Å². The third-order valence-corrected chi connectivity index (χ3v) is 9.32. The Morgan fingerprint density at radius 1 is 0.879 bits per heavy atom. The van der Waals surface area contributed by atoms with E-state index in [1.54, 1.807) is 24.3 Å². The minimum atomic E-state index is -3.34. The van der Waals surface area contributed by atoms with Crippen LogP contribution in [0.15, 0.2) is 48.5 Å². The smallest absolute Gasteiger partial charge is 0.303 e. The first-order valence-electron chi connectivity index (χ1n) is 10.7. The van der Waals surface area contributed by atoms with E-state index in [2.05, 4.69) is 0 Å². The molecule has 1 aliphatic rings. The van der Waals surface area contributed by atoms with Gasteiger partial charge in [-0.05, 0) is 36.8 Å². The summed E-state index contributed by atoms with van der Waals surface area (Å²) in [5, 5.41) is 30.7. The van der Waals surface area contributed by atoms with E-state index >= 15 is 0 Å². The van der Waals surface area contributed by atoms with Gasteiger partial charge in [0.25, 0.3) is 11.4 Å². The van der Waals surface area contributed by atoms with Crippen molar-refractivity contribution < 1.29 is 28.8 Å². The summed E-state index contributed by atoms with van der Waals surface area (Å²) in [5.41, 5.74) is 0.379. The molecule has 1 N–H and O–H groups in total. The monoisotopic (exact) mass is 476 g/mol. The third kappa shape index (κ3) is 5.83. The van der Waals surface area contributed by atoms with Crippen molar-refractivity contribution in [3.8, 4) is 0 Å². The number of nitro benzene ring substituents is 2. The van der Waals surface area contributed by atoms with E-state index < -0.39 is 34.5 Å². The van der Waals surface area contributed by atoms with Gasteiger partial charge in [-0.1, -0.05) is 30.7 Å². The number of carbonyl (C=O) groups is 1. The minimum Gasteiger partial charge on any atom is -0.481 e. The van der Waals surface area contributed by atoms with Gasteiger partial charge in [-0.15, -0.1) is 0 Å². The number of carboxylic acid groups (broad SMARTS) is 1. The maximum Gasteiger partial charge on any atom is 0.303 e. The molecule has 0 saturated carbocycles. The molecule has 0 spiro atoms. The molecule has 3 atom stereocenters. The van der Waals surface area contributed by atoms with Crippen molar-refractivity contribution >= 4 is 24.7 Å². The average Bonchev–Trinajstić information content (AvgIpc) is 3.13. The molecule has 1 aliphatic heterocycles. The Balaban J connectivity index is 1.82. The van der Waals surface area contributed by atoms with Crippen molar-refractivity contribution in [3.63, 3.8) is 0 Å². The molecule has 0 radical (unpaired) electrons. The van der Waals surface area contributed by atoms with Crippen molar-refractivity contribution in [3.05, 3.63) is 79.9 Å². The quantitative estimate of drug-likeness (QED) is 0.179. The molecule has 0 amide bonds. The standard InChI is InChI=1S/C22H25N2O8P/c25-22(26)4-2-1-3-15-32-33(31)20(16-5-9-18(10-6-16)23(27)28)13-14-21(33)17-7-11-19(12-8-17)24(29)30/h5-12,20-21H,1-4,13-15H2,(H,25,26)/t20-,21+,33?. The number of carboxylic acids is 1. The molecule has 0 aliphatic carbocycles. The summed E-state index contributed by atoms with van der Waals surface area (Å²) in [7, 11) is -3.34. The molecule has 1 unspecified atom stereocenters. The molecule has 3 rings (SSSR count). The van der Waals surface area contributed by atoms with Crippen LogP contribution in [0.2, 0.25) is 0 Å². The summed E-state index contributed by atoms with van der Waals surface area (Å²) in [5.74, 6) is -0.865. The molecule has 0 aromatic heterocycles. The molecule has 1 fully saturated rings. The lowest BCUT2D eigenvalue weighted by atomic mass is 10.0. The predicted octanol–water partition coefficient (Wildman–Crippen LogP) is 6.02. The summed E-state index contributed by atoms with van der Waals surface area (Å²) < 4.78 is 20.3. The fourth-order valence-corrected chi connectivity index (χ4v) is 7.62. The largest absolute Gasteiger partial charge is 0.481 e. The number of benzene rings is 2. The van der Waals surface area contributed by atoms with Gasteiger partial charge in [0.1, 0.15) is 0 Å². The first-order chi connectivity index (χ1) is 15.7. The number of rotatable bonds is 11. The molecular formula is C22H25N2O8P. The highest BCUT2D eigenvalue weighted by atomic mass is 31.2.